The fourth-order valence-electron chi connectivity index (χ4n) is 7.78. The van der Waals surface area contributed by atoms with E-state index in [4.69, 9.17) is 19.9 Å². The number of Topliss-reactive ketones (excluding diaryl/α,β-unsaturated/α-hetero) is 1. The van der Waals surface area contributed by atoms with Gasteiger partial charge in [0.25, 0.3) is 5.91 Å². The number of ether oxygens (including phenoxy) is 3. The zero-order valence-corrected chi connectivity index (χ0v) is 39.8. The lowest BCUT2D eigenvalue weighted by Crippen LogP contribution is -2.43. The summed E-state index contributed by atoms with van der Waals surface area (Å²) in [7, 11) is 0.725. The van der Waals surface area contributed by atoms with Crippen LogP contribution >= 0.6 is 22.7 Å². The number of carbonyl (C=O) groups excluding carboxylic acids is 2. The van der Waals surface area contributed by atoms with Crippen molar-refractivity contribution in [1.29, 1.82) is 0 Å². The summed E-state index contributed by atoms with van der Waals surface area (Å²) in [5, 5.41) is 7.89. The molecule has 2 aliphatic heterocycles. The number of halogens is 2. The summed E-state index contributed by atoms with van der Waals surface area (Å²) in [6.07, 6.45) is 8.86. The lowest BCUT2D eigenvalue weighted by Gasteiger charge is -2.31. The molecule has 6 heterocycles. The number of hydrogen-bond donors (Lipinski definition) is 3. The number of anilines is 4. The number of primary amides is 1. The van der Waals surface area contributed by atoms with Gasteiger partial charge in [-0.25, -0.2) is 37.1 Å². The van der Waals surface area contributed by atoms with Crippen LogP contribution in [0.2, 0.25) is 0 Å². The van der Waals surface area contributed by atoms with Gasteiger partial charge >= 0.3 is 0 Å². The lowest BCUT2D eigenvalue weighted by molar-refractivity contribution is 0.00763. The van der Waals surface area contributed by atoms with Gasteiger partial charge in [0.1, 0.15) is 69.3 Å². The molecule has 4 aromatic heterocycles. The Morgan fingerprint density at radius 3 is 1.94 bits per heavy atom. The second-order valence-corrected chi connectivity index (χ2v) is 20.4. The van der Waals surface area contributed by atoms with E-state index in [-0.39, 0.29) is 37.4 Å². The van der Waals surface area contributed by atoms with Crippen molar-refractivity contribution in [2.45, 2.75) is 78.4 Å². The number of nitrogens with zero attached hydrogens (tertiary/aromatic N) is 6. The number of amides is 1. The van der Waals surface area contributed by atoms with Crippen LogP contribution in [0.3, 0.4) is 0 Å². The summed E-state index contributed by atoms with van der Waals surface area (Å²) in [4.78, 5) is 46.6. The number of sulfonamides is 1. The fourth-order valence-corrected chi connectivity index (χ4v) is 10.8. The minimum Gasteiger partial charge on any atom is -0.487 e. The van der Waals surface area contributed by atoms with Crippen LogP contribution in [0, 0.1) is 25.5 Å². The van der Waals surface area contributed by atoms with Crippen molar-refractivity contribution in [3.05, 3.63) is 81.6 Å². The molecular weight excluding hydrogens is 925 g/mol. The Morgan fingerprint density at radius 2 is 1.40 bits per heavy atom. The summed E-state index contributed by atoms with van der Waals surface area (Å²) >= 11 is 2.57. The zero-order chi connectivity index (χ0) is 47.1. The van der Waals surface area contributed by atoms with Crippen molar-refractivity contribution < 1.29 is 41.0 Å². The molecule has 4 N–H and O–H groups in total. The van der Waals surface area contributed by atoms with E-state index in [0.717, 1.165) is 65.7 Å². The summed E-state index contributed by atoms with van der Waals surface area (Å²) in [6, 6.07) is 8.45. The average Bonchev–Trinajstić information content (AvgIpc) is 3.81. The molecule has 8 rings (SSSR count). The Kier molecular flexibility index (Phi) is 17.2. The molecule has 0 bridgehead atoms. The van der Waals surface area contributed by atoms with E-state index in [9.17, 15) is 26.8 Å². The van der Waals surface area contributed by atoms with Gasteiger partial charge in [0.15, 0.2) is 5.78 Å². The van der Waals surface area contributed by atoms with Crippen LogP contribution in [0.5, 0.6) is 11.5 Å². The minimum atomic E-state index is -3.34. The van der Waals surface area contributed by atoms with E-state index in [1.54, 1.807) is 13.0 Å². The number of ketones is 1. The first kappa shape index (κ1) is 51.0. The van der Waals surface area contributed by atoms with E-state index >= 15 is 0 Å². The van der Waals surface area contributed by atoms with E-state index < -0.39 is 27.9 Å². The fraction of sp³-hybridized carbons (Fsp3) is 0.435. The maximum Gasteiger partial charge on any atom is 0.259 e. The first-order valence-corrected chi connectivity index (χ1v) is 25.0. The zero-order valence-electron chi connectivity index (χ0n) is 37.4. The van der Waals surface area contributed by atoms with Gasteiger partial charge < -0.3 is 35.5 Å². The Morgan fingerprint density at radius 1 is 0.851 bits per heavy atom. The summed E-state index contributed by atoms with van der Waals surface area (Å²) in [5.74, 6) is 0.363. The monoisotopic (exact) mass is 981 g/mol. The standard InChI is InChI=1S/C25H31FN4O3S.C20H22FN5O4S2.CH4/c1-16-22-24(27-15-28-25(22)34-23(16)20(31)8-4-5-11-30(2)3)29-19-10-9-17(26)13-21(19)33-18-7-6-12-32-14-18;1-11-16-19(23-10-24-20(16)31-17(11)18(22)27)25-14-6-5-12(21)8-15(14)30-13-4-3-7-26(9-13)32(2,28)29;/h9-10,13,15,18H,4-8,11-12,14H2,1-3H3,(H,27,28,29);5-6,8,10,13H,3-4,7,9H2,1-2H3,(H2,22,27)(H,23,24,25);1H4/t18-;13-;/m11./s1. The normalized spacial score (nSPS) is 16.5. The molecule has 0 aliphatic carbocycles. The molecule has 2 aliphatic rings. The molecule has 2 aromatic carbocycles. The summed E-state index contributed by atoms with van der Waals surface area (Å²) in [5.41, 5.74) is 8.04. The Bertz CT molecular complexity index is 2820. The van der Waals surface area contributed by atoms with Gasteiger partial charge in [-0.2, -0.15) is 4.31 Å². The van der Waals surface area contributed by atoms with Crippen LogP contribution in [0.4, 0.5) is 31.8 Å². The van der Waals surface area contributed by atoms with Crippen molar-refractivity contribution in [2.75, 3.05) is 63.8 Å². The van der Waals surface area contributed by atoms with Gasteiger partial charge in [-0.15, -0.1) is 22.7 Å². The Balaban J connectivity index is 0.000000218. The van der Waals surface area contributed by atoms with Gasteiger partial charge in [0.05, 0.1) is 51.3 Å². The maximum absolute atomic E-state index is 14.0. The smallest absolute Gasteiger partial charge is 0.259 e. The lowest BCUT2D eigenvalue weighted by atomic mass is 10.1. The van der Waals surface area contributed by atoms with Gasteiger partial charge in [0, 0.05) is 31.7 Å². The SMILES string of the molecule is C.Cc1c(C(=O)CCCCN(C)C)sc2ncnc(Nc3ccc(F)cc3O[C@@H]3CCCOC3)c12.Cc1c(C(N)=O)sc2ncnc(Nc3ccc(F)cc3O[C@@H]3CCCN(S(C)(=O)=O)C3)c12. The van der Waals surface area contributed by atoms with E-state index in [1.165, 1.54) is 70.0 Å². The molecule has 21 heteroatoms. The van der Waals surface area contributed by atoms with Crippen LogP contribution in [-0.4, -0.2) is 115 Å². The summed E-state index contributed by atoms with van der Waals surface area (Å²) < 4.78 is 70.8. The second-order valence-electron chi connectivity index (χ2n) is 16.5. The Labute approximate surface area is 397 Å². The number of unbranched alkanes of at least 4 members (excludes halogenated alkanes) is 1. The number of rotatable bonds is 16. The largest absolute Gasteiger partial charge is 0.487 e. The minimum absolute atomic E-state index is 0. The molecule has 0 saturated carbocycles. The number of aromatic nitrogens is 4. The molecule has 2 fully saturated rings. The third-order valence-corrected chi connectivity index (χ3v) is 14.8. The number of hydrogen-bond acceptors (Lipinski definition) is 16. The van der Waals surface area contributed by atoms with Gasteiger partial charge in [-0.05, 0) is 108 Å². The molecular formula is C46H57F2N9O7S3. The van der Waals surface area contributed by atoms with Gasteiger partial charge in [0.2, 0.25) is 10.0 Å². The first-order chi connectivity index (χ1) is 31.5. The van der Waals surface area contributed by atoms with Crippen LogP contribution in [0.25, 0.3) is 20.4 Å². The highest BCUT2D eigenvalue weighted by Gasteiger charge is 2.28. The van der Waals surface area contributed by atoms with E-state index in [1.807, 2.05) is 21.0 Å². The molecule has 1 amide bonds. The molecule has 2 atom stereocenters. The van der Waals surface area contributed by atoms with Crippen LogP contribution in [-0.2, 0) is 14.8 Å². The predicted octanol–water partition coefficient (Wildman–Crippen LogP) is 8.78. The van der Waals surface area contributed by atoms with Crippen molar-refractivity contribution in [3.8, 4) is 11.5 Å². The second kappa shape index (κ2) is 22.6. The molecule has 2 saturated heterocycles. The topological polar surface area (TPSA) is 204 Å². The van der Waals surface area contributed by atoms with Crippen molar-refractivity contribution >= 4 is 87.8 Å². The molecule has 6 aromatic rings. The van der Waals surface area contributed by atoms with E-state index in [2.05, 4.69) is 35.5 Å². The third-order valence-electron chi connectivity index (χ3n) is 11.1. The Hall–Kier alpha value is -5.45. The number of nitrogens with two attached hydrogens (primary N) is 1. The molecule has 16 nitrogen and oxygen atoms in total. The number of carbonyl (C=O) groups is 2. The first-order valence-electron chi connectivity index (χ1n) is 21.5. The van der Waals surface area contributed by atoms with Crippen molar-refractivity contribution in [2.24, 2.45) is 5.73 Å². The van der Waals surface area contributed by atoms with Crippen LogP contribution < -0.4 is 25.8 Å². The number of fused-ring (bicyclic) bond motifs is 2. The van der Waals surface area contributed by atoms with Gasteiger partial charge in [-0.3, -0.25) is 9.59 Å². The quantitative estimate of drug-likeness (QED) is 0.0613. The highest BCUT2D eigenvalue weighted by molar-refractivity contribution is 7.88. The third kappa shape index (κ3) is 12.8. The predicted molar refractivity (Wildman–Crippen MR) is 260 cm³/mol. The average molecular weight is 982 g/mol. The molecule has 360 valence electrons. The number of thiophene rings is 2. The van der Waals surface area contributed by atoms with E-state index in [0.29, 0.717) is 81.8 Å². The summed E-state index contributed by atoms with van der Waals surface area (Å²) in [6.45, 7) is 6.49. The number of nitrogens with one attached hydrogen (secondary N) is 2. The number of aryl methyl sites for hydroxylation is 2. The van der Waals surface area contributed by atoms with Crippen molar-refractivity contribution in [3.63, 3.8) is 0 Å². The molecule has 0 radical (unpaired) electrons. The molecule has 0 unspecified atom stereocenters. The highest BCUT2D eigenvalue weighted by atomic mass is 32.2. The van der Waals surface area contributed by atoms with Crippen molar-refractivity contribution in [1.82, 2.24) is 29.1 Å². The number of piperidine rings is 1. The maximum atomic E-state index is 14.0. The van der Waals surface area contributed by atoms with Gasteiger partial charge in [-0.1, -0.05) is 7.43 Å². The molecule has 0 spiro atoms. The van der Waals surface area contributed by atoms with Crippen LogP contribution in [0.1, 0.15) is 82.8 Å². The number of benzene rings is 2. The highest BCUT2D eigenvalue weighted by Crippen LogP contribution is 2.39. The molecule has 67 heavy (non-hydrogen) atoms. The van der Waals surface area contributed by atoms with Crippen LogP contribution in [0.15, 0.2) is 49.1 Å².